The molecular weight excluding hydrogens is 431 g/mol. The van der Waals surface area contributed by atoms with Crippen LogP contribution in [0.4, 0.5) is 0 Å². The average molecular weight is 480 g/mol. The fourth-order valence-corrected chi connectivity index (χ4v) is 7.49. The molecule has 0 heterocycles. The monoisotopic (exact) mass is 478 g/mol. The lowest BCUT2D eigenvalue weighted by molar-refractivity contribution is -0.386. The Balaban J connectivity index is 2.32. The summed E-state index contributed by atoms with van der Waals surface area (Å²) in [6.07, 6.45) is 11.1. The van der Waals surface area contributed by atoms with Crippen molar-refractivity contribution >= 4 is 23.2 Å². The molecule has 8 atom stereocenters. The topological polar surface area (TPSA) is 27.7 Å². The summed E-state index contributed by atoms with van der Waals surface area (Å²) in [5.41, 5.74) is 0. The Morgan fingerprint density at radius 3 is 1.39 bits per heavy atom. The number of hydrogen-bond donors (Lipinski definition) is 0. The molecule has 0 radical (unpaired) electrons. The molecule has 0 bridgehead atoms. The third-order valence-corrected chi connectivity index (χ3v) is 8.73. The van der Waals surface area contributed by atoms with Gasteiger partial charge in [0.1, 0.15) is 0 Å². The summed E-state index contributed by atoms with van der Waals surface area (Å²) in [7, 11) is 0. The molecule has 31 heavy (non-hydrogen) atoms. The van der Waals surface area contributed by atoms with Crippen molar-refractivity contribution in [2.75, 3.05) is 13.2 Å². The van der Waals surface area contributed by atoms with E-state index in [1.54, 1.807) is 0 Å². The van der Waals surface area contributed by atoms with Gasteiger partial charge in [-0.15, -0.1) is 23.2 Å². The number of ether oxygens (including phenoxy) is 3. The SMILES string of the molecule is CCOC(C)(OC(C)(OCC)[C@H](CC)C1CCCC(Cl)C1)[C@H](CC)C1CCCC(Cl)C1. The highest BCUT2D eigenvalue weighted by Crippen LogP contribution is 2.47. The molecule has 0 aromatic carbocycles. The van der Waals surface area contributed by atoms with Gasteiger partial charge in [-0.3, -0.25) is 0 Å². The Labute approximate surface area is 202 Å². The molecule has 2 fully saturated rings. The maximum atomic E-state index is 7.06. The minimum Gasteiger partial charge on any atom is -0.350 e. The van der Waals surface area contributed by atoms with Crippen LogP contribution in [0.3, 0.4) is 0 Å². The van der Waals surface area contributed by atoms with E-state index in [0.29, 0.717) is 36.9 Å². The van der Waals surface area contributed by atoms with E-state index in [4.69, 9.17) is 37.4 Å². The number of hydrogen-bond acceptors (Lipinski definition) is 3. The number of alkyl halides is 2. The maximum Gasteiger partial charge on any atom is 0.171 e. The zero-order valence-electron chi connectivity index (χ0n) is 20.9. The minimum absolute atomic E-state index is 0.267. The van der Waals surface area contributed by atoms with Gasteiger partial charge >= 0.3 is 0 Å². The maximum absolute atomic E-state index is 7.06. The van der Waals surface area contributed by atoms with Crippen molar-refractivity contribution in [1.82, 2.24) is 0 Å². The Morgan fingerprint density at radius 1 is 0.710 bits per heavy atom. The molecule has 0 aromatic rings. The zero-order valence-corrected chi connectivity index (χ0v) is 22.4. The molecule has 184 valence electrons. The highest BCUT2D eigenvalue weighted by Gasteiger charge is 2.50. The van der Waals surface area contributed by atoms with Crippen molar-refractivity contribution in [2.24, 2.45) is 23.7 Å². The standard InChI is InChI=1S/C26H48Cl2O3/c1-7-23(19-13-11-15-21(27)17-19)25(5,29-9-3)31-26(6,30-10-4)24(8-2)20-14-12-16-22(28)18-20/h19-24H,7-18H2,1-6H3/t19?,20?,21?,22?,23-,24-,25?,26?/m1/s1. The second kappa shape index (κ2) is 12.8. The van der Waals surface area contributed by atoms with E-state index < -0.39 is 11.6 Å². The molecule has 0 saturated heterocycles. The van der Waals surface area contributed by atoms with Crippen molar-refractivity contribution in [3.63, 3.8) is 0 Å². The van der Waals surface area contributed by atoms with Crippen LogP contribution in [0.1, 0.15) is 106 Å². The highest BCUT2D eigenvalue weighted by molar-refractivity contribution is 6.20. The Bertz CT molecular complexity index is 475. The van der Waals surface area contributed by atoms with Gasteiger partial charge in [0.25, 0.3) is 0 Å². The lowest BCUT2D eigenvalue weighted by atomic mass is 9.73. The predicted octanol–water partition coefficient (Wildman–Crippen LogP) is 8.16. The van der Waals surface area contributed by atoms with E-state index in [1.165, 1.54) is 25.7 Å². The molecule has 2 saturated carbocycles. The molecule has 3 nitrogen and oxygen atoms in total. The van der Waals surface area contributed by atoms with E-state index in [1.807, 2.05) is 0 Å². The van der Waals surface area contributed by atoms with Crippen LogP contribution in [-0.2, 0) is 14.2 Å². The van der Waals surface area contributed by atoms with Crippen LogP contribution in [0.25, 0.3) is 0 Å². The smallest absolute Gasteiger partial charge is 0.171 e. The van der Waals surface area contributed by atoms with E-state index in [0.717, 1.165) is 38.5 Å². The Hall–Kier alpha value is 0.460. The van der Waals surface area contributed by atoms with Gasteiger partial charge in [-0.05, 0) is 90.9 Å². The van der Waals surface area contributed by atoms with Gasteiger partial charge in [0.2, 0.25) is 0 Å². The third kappa shape index (κ3) is 7.22. The lowest BCUT2D eigenvalue weighted by Gasteiger charge is -2.50. The normalized spacial score (nSPS) is 33.3. The molecule has 5 heteroatoms. The number of halogens is 2. The van der Waals surface area contributed by atoms with Crippen LogP contribution in [0, 0.1) is 23.7 Å². The first-order valence-electron chi connectivity index (χ1n) is 13.0. The van der Waals surface area contributed by atoms with Crippen LogP contribution >= 0.6 is 23.2 Å². The van der Waals surface area contributed by atoms with Gasteiger partial charge in [0.15, 0.2) is 11.6 Å². The minimum atomic E-state index is -0.700. The highest BCUT2D eigenvalue weighted by atomic mass is 35.5. The summed E-state index contributed by atoms with van der Waals surface area (Å²) in [5.74, 6) is 0.219. The predicted molar refractivity (Wildman–Crippen MR) is 132 cm³/mol. The zero-order chi connectivity index (χ0) is 23.1. The summed E-state index contributed by atoms with van der Waals surface area (Å²) in [6, 6.07) is 0. The first-order valence-corrected chi connectivity index (χ1v) is 13.9. The van der Waals surface area contributed by atoms with E-state index >= 15 is 0 Å². The second-order valence-electron chi connectivity index (χ2n) is 10.1. The summed E-state index contributed by atoms with van der Waals surface area (Å²) in [4.78, 5) is 0. The van der Waals surface area contributed by atoms with Crippen molar-refractivity contribution in [3.05, 3.63) is 0 Å². The van der Waals surface area contributed by atoms with Gasteiger partial charge in [0, 0.05) is 35.8 Å². The fraction of sp³-hybridized carbons (Fsp3) is 1.00. The van der Waals surface area contributed by atoms with Gasteiger partial charge in [-0.1, -0.05) is 26.7 Å². The Morgan fingerprint density at radius 2 is 1.10 bits per heavy atom. The molecule has 2 aliphatic carbocycles. The summed E-state index contributed by atoms with van der Waals surface area (Å²) >= 11 is 13.2. The quantitative estimate of drug-likeness (QED) is 0.209. The molecule has 0 spiro atoms. The van der Waals surface area contributed by atoms with Crippen molar-refractivity contribution in [3.8, 4) is 0 Å². The molecule has 0 N–H and O–H groups in total. The first kappa shape index (κ1) is 27.7. The molecular formula is C26H48Cl2O3. The van der Waals surface area contributed by atoms with E-state index in [-0.39, 0.29) is 10.8 Å². The molecule has 0 aromatic heterocycles. The summed E-state index contributed by atoms with van der Waals surface area (Å²) in [5, 5.41) is 0.534. The van der Waals surface area contributed by atoms with Crippen molar-refractivity contribution in [1.29, 1.82) is 0 Å². The van der Waals surface area contributed by atoms with Crippen molar-refractivity contribution in [2.45, 2.75) is 128 Å². The molecule has 0 aliphatic heterocycles. The van der Waals surface area contributed by atoms with Crippen LogP contribution in [-0.4, -0.2) is 35.5 Å². The first-order chi connectivity index (χ1) is 14.7. The van der Waals surface area contributed by atoms with Crippen LogP contribution < -0.4 is 0 Å². The van der Waals surface area contributed by atoms with Gasteiger partial charge < -0.3 is 14.2 Å². The van der Waals surface area contributed by atoms with Gasteiger partial charge in [-0.2, -0.15) is 0 Å². The van der Waals surface area contributed by atoms with Crippen LogP contribution in [0.5, 0.6) is 0 Å². The fourth-order valence-electron chi connectivity index (χ4n) is 6.73. The third-order valence-electron chi connectivity index (χ3n) is 7.93. The van der Waals surface area contributed by atoms with Gasteiger partial charge in [-0.25, -0.2) is 0 Å². The molecule has 6 unspecified atom stereocenters. The van der Waals surface area contributed by atoms with Gasteiger partial charge in [0.05, 0.1) is 0 Å². The molecule has 0 amide bonds. The summed E-state index contributed by atoms with van der Waals surface area (Å²) in [6.45, 7) is 14.2. The van der Waals surface area contributed by atoms with E-state index in [9.17, 15) is 0 Å². The lowest BCUT2D eigenvalue weighted by Crippen LogP contribution is -2.55. The number of rotatable bonds is 12. The molecule has 2 aliphatic rings. The van der Waals surface area contributed by atoms with Crippen LogP contribution in [0.2, 0.25) is 0 Å². The summed E-state index contributed by atoms with van der Waals surface area (Å²) < 4.78 is 19.9. The Kier molecular flexibility index (Phi) is 11.4. The average Bonchev–Trinajstić information content (AvgIpc) is 2.69. The second-order valence-corrected chi connectivity index (χ2v) is 11.3. The largest absolute Gasteiger partial charge is 0.350 e. The van der Waals surface area contributed by atoms with E-state index in [2.05, 4.69) is 41.5 Å². The van der Waals surface area contributed by atoms with Crippen LogP contribution in [0.15, 0.2) is 0 Å². The molecule has 2 rings (SSSR count). The van der Waals surface area contributed by atoms with Crippen molar-refractivity contribution < 1.29 is 14.2 Å².